The van der Waals surface area contributed by atoms with Crippen molar-refractivity contribution >= 4 is 34.2 Å². The van der Waals surface area contributed by atoms with Crippen molar-refractivity contribution in [3.8, 4) is 0 Å². The summed E-state index contributed by atoms with van der Waals surface area (Å²) in [7, 11) is 0. The van der Waals surface area contributed by atoms with Gasteiger partial charge in [0.25, 0.3) is 0 Å². The molecule has 3 aliphatic rings. The Bertz CT molecular complexity index is 773. The predicted molar refractivity (Wildman–Crippen MR) is 101 cm³/mol. The number of anilines is 1. The number of imide groups is 1. The van der Waals surface area contributed by atoms with E-state index >= 15 is 0 Å². The third-order valence-electron chi connectivity index (χ3n) is 5.45. The van der Waals surface area contributed by atoms with Crippen molar-refractivity contribution in [1.29, 1.82) is 0 Å². The molecule has 2 fully saturated rings. The first-order valence-corrected chi connectivity index (χ1v) is 10.4. The van der Waals surface area contributed by atoms with Crippen molar-refractivity contribution in [2.45, 2.75) is 57.9 Å². The molecule has 3 atom stereocenters. The summed E-state index contributed by atoms with van der Waals surface area (Å²) < 4.78 is 0. The summed E-state index contributed by atoms with van der Waals surface area (Å²) in [6, 6.07) is -0.802. The molecule has 1 N–H and O–H groups in total. The molecule has 1 aromatic heterocycles. The van der Waals surface area contributed by atoms with Crippen LogP contribution in [0.4, 0.5) is 5.13 Å². The number of rotatable bonds is 6. The van der Waals surface area contributed by atoms with E-state index < -0.39 is 6.04 Å². The van der Waals surface area contributed by atoms with Gasteiger partial charge in [-0.1, -0.05) is 37.3 Å². The van der Waals surface area contributed by atoms with Crippen LogP contribution in [0.25, 0.3) is 0 Å². The topological polar surface area (TPSA) is 92.3 Å². The van der Waals surface area contributed by atoms with Crippen molar-refractivity contribution in [3.63, 3.8) is 0 Å². The lowest BCUT2D eigenvalue weighted by Gasteiger charge is -2.26. The van der Waals surface area contributed by atoms with Gasteiger partial charge < -0.3 is 0 Å². The van der Waals surface area contributed by atoms with E-state index in [1.54, 1.807) is 0 Å². The van der Waals surface area contributed by atoms with Crippen LogP contribution >= 0.6 is 11.3 Å². The van der Waals surface area contributed by atoms with Gasteiger partial charge in [0.15, 0.2) is 0 Å². The second-order valence-corrected chi connectivity index (χ2v) is 9.07. The maximum Gasteiger partial charge on any atom is 0.249 e. The van der Waals surface area contributed by atoms with Crippen LogP contribution in [0.1, 0.15) is 56.9 Å². The number of aromatic nitrogens is 2. The number of likely N-dealkylation sites (tertiary alicyclic amines) is 1. The van der Waals surface area contributed by atoms with Gasteiger partial charge >= 0.3 is 0 Å². The van der Waals surface area contributed by atoms with Crippen LogP contribution in [0.2, 0.25) is 0 Å². The van der Waals surface area contributed by atoms with Crippen molar-refractivity contribution in [1.82, 2.24) is 15.1 Å². The van der Waals surface area contributed by atoms with Gasteiger partial charge in [0.1, 0.15) is 11.0 Å². The van der Waals surface area contributed by atoms with E-state index in [4.69, 9.17) is 0 Å². The lowest BCUT2D eigenvalue weighted by atomic mass is 9.85. The Balaban J connectivity index is 1.53. The number of hydrogen-bond donors (Lipinski definition) is 1. The molecule has 4 rings (SSSR count). The summed E-state index contributed by atoms with van der Waals surface area (Å²) in [5, 5.41) is 12.4. The third kappa shape index (κ3) is 3.54. The predicted octanol–water partition coefficient (Wildman–Crippen LogP) is 2.72. The summed E-state index contributed by atoms with van der Waals surface area (Å²) in [5.74, 6) is -0.802. The zero-order valence-electron chi connectivity index (χ0n) is 15.6. The lowest BCUT2D eigenvalue weighted by Crippen LogP contribution is -2.48. The highest BCUT2D eigenvalue weighted by Gasteiger charge is 2.51. The molecule has 3 amide bonds. The molecule has 3 unspecified atom stereocenters. The number of carbonyl (C=O) groups excluding carboxylic acids is 3. The van der Waals surface area contributed by atoms with Crippen LogP contribution in [-0.4, -0.2) is 38.9 Å². The molecule has 1 aromatic rings. The first-order valence-electron chi connectivity index (χ1n) is 9.62. The van der Waals surface area contributed by atoms with Gasteiger partial charge in [-0.3, -0.25) is 24.6 Å². The highest BCUT2D eigenvalue weighted by atomic mass is 32.1. The second kappa shape index (κ2) is 7.14. The molecule has 0 aromatic carbocycles. The third-order valence-corrected chi connectivity index (χ3v) is 6.45. The van der Waals surface area contributed by atoms with Gasteiger partial charge in [0.2, 0.25) is 22.9 Å². The number of fused-ring (bicyclic) bond motifs is 1. The molecule has 2 heterocycles. The Labute approximate surface area is 162 Å². The fraction of sp³-hybridized carbons (Fsp3) is 0.632. The number of nitrogens with zero attached hydrogens (tertiary/aromatic N) is 3. The number of amides is 3. The Morgan fingerprint density at radius 3 is 2.37 bits per heavy atom. The summed E-state index contributed by atoms with van der Waals surface area (Å²) >= 11 is 1.38. The minimum Gasteiger partial charge on any atom is -0.299 e. The molecule has 144 valence electrons. The summed E-state index contributed by atoms with van der Waals surface area (Å²) in [4.78, 5) is 40.0. The zero-order chi connectivity index (χ0) is 19.1. The smallest absolute Gasteiger partial charge is 0.249 e. The van der Waals surface area contributed by atoms with Gasteiger partial charge in [0, 0.05) is 5.92 Å². The maximum absolute atomic E-state index is 13.0. The largest absolute Gasteiger partial charge is 0.299 e. The normalized spacial score (nSPS) is 25.8. The molecule has 7 nitrogen and oxygen atoms in total. The summed E-state index contributed by atoms with van der Waals surface area (Å²) in [6.45, 7) is 3.96. The Kier molecular flexibility index (Phi) is 4.84. The van der Waals surface area contributed by atoms with Crippen LogP contribution in [0, 0.1) is 17.8 Å². The maximum atomic E-state index is 13.0. The average molecular weight is 388 g/mol. The van der Waals surface area contributed by atoms with Gasteiger partial charge in [-0.05, 0) is 38.0 Å². The molecule has 1 saturated heterocycles. The van der Waals surface area contributed by atoms with Crippen molar-refractivity contribution < 1.29 is 14.4 Å². The van der Waals surface area contributed by atoms with Crippen LogP contribution in [-0.2, 0) is 14.4 Å². The van der Waals surface area contributed by atoms with Gasteiger partial charge in [0.05, 0.1) is 11.8 Å². The summed E-state index contributed by atoms with van der Waals surface area (Å²) in [6.07, 6.45) is 7.72. The van der Waals surface area contributed by atoms with Crippen LogP contribution in [0.5, 0.6) is 0 Å². The molecule has 1 aliphatic heterocycles. The molecule has 1 saturated carbocycles. The van der Waals surface area contributed by atoms with Crippen molar-refractivity contribution in [2.75, 3.05) is 5.32 Å². The van der Waals surface area contributed by atoms with Gasteiger partial charge in [-0.2, -0.15) is 0 Å². The monoisotopic (exact) mass is 388 g/mol. The van der Waals surface area contributed by atoms with E-state index in [0.29, 0.717) is 30.3 Å². The fourth-order valence-corrected chi connectivity index (χ4v) is 4.79. The SMILES string of the molecule is CC(C)CC(C(=O)Nc1nnc(C2CC2)s1)N1C(=O)C2CC=CCC2C1=O. The zero-order valence-corrected chi connectivity index (χ0v) is 16.4. The number of nitrogens with one attached hydrogen (secondary N) is 1. The molecule has 8 heteroatoms. The molecular weight excluding hydrogens is 364 g/mol. The van der Waals surface area contributed by atoms with Crippen molar-refractivity contribution in [3.05, 3.63) is 17.2 Å². The number of allylic oxidation sites excluding steroid dienone is 2. The Morgan fingerprint density at radius 2 is 1.81 bits per heavy atom. The first-order chi connectivity index (χ1) is 13.0. The van der Waals surface area contributed by atoms with E-state index in [1.807, 2.05) is 26.0 Å². The molecule has 27 heavy (non-hydrogen) atoms. The van der Waals surface area contributed by atoms with Crippen LogP contribution in [0.3, 0.4) is 0 Å². The van der Waals surface area contributed by atoms with E-state index in [0.717, 1.165) is 17.8 Å². The Hall–Kier alpha value is -2.09. The average Bonchev–Trinajstić information content (AvgIpc) is 3.34. The standard InChI is InChI=1S/C19H24N4O3S/c1-10(2)9-14(15(24)20-19-22-21-16(27-19)11-7-8-11)23-17(25)12-5-3-4-6-13(12)18(23)26/h3-4,10-14H,5-9H2,1-2H3,(H,20,22,24). The minimum atomic E-state index is -0.802. The Morgan fingerprint density at radius 1 is 1.19 bits per heavy atom. The highest BCUT2D eigenvalue weighted by molar-refractivity contribution is 7.15. The fourth-order valence-electron chi connectivity index (χ4n) is 3.88. The molecule has 2 aliphatic carbocycles. The van der Waals surface area contributed by atoms with E-state index in [2.05, 4.69) is 15.5 Å². The highest BCUT2D eigenvalue weighted by Crippen LogP contribution is 2.42. The first kappa shape index (κ1) is 18.3. The second-order valence-electron chi connectivity index (χ2n) is 8.06. The lowest BCUT2D eigenvalue weighted by molar-refractivity contribution is -0.147. The number of hydrogen-bond acceptors (Lipinski definition) is 6. The van der Waals surface area contributed by atoms with Gasteiger partial charge in [-0.15, -0.1) is 10.2 Å². The number of carbonyl (C=O) groups is 3. The molecule has 0 radical (unpaired) electrons. The molecule has 0 bridgehead atoms. The van der Waals surface area contributed by atoms with E-state index in [-0.39, 0.29) is 35.5 Å². The quantitative estimate of drug-likeness (QED) is 0.597. The summed E-state index contributed by atoms with van der Waals surface area (Å²) in [5.41, 5.74) is 0. The molecular formula is C19H24N4O3S. The van der Waals surface area contributed by atoms with E-state index in [1.165, 1.54) is 16.2 Å². The molecule has 0 spiro atoms. The van der Waals surface area contributed by atoms with Gasteiger partial charge in [-0.25, -0.2) is 0 Å². The van der Waals surface area contributed by atoms with Crippen LogP contribution in [0.15, 0.2) is 12.2 Å². The van der Waals surface area contributed by atoms with E-state index in [9.17, 15) is 14.4 Å². The van der Waals surface area contributed by atoms with Crippen LogP contribution < -0.4 is 5.32 Å². The minimum absolute atomic E-state index is 0.165. The van der Waals surface area contributed by atoms with Crippen molar-refractivity contribution in [2.24, 2.45) is 17.8 Å².